The van der Waals surface area contributed by atoms with Crippen LogP contribution < -0.4 is 10.6 Å². The Bertz CT molecular complexity index is 374. The topological polar surface area (TPSA) is 54.0 Å². The molecule has 0 bridgehead atoms. The standard InChI is InChI=1S/C7H7N3OS2/c1-3-2-13-6(8-3)4-5(11)10-7(12)9-4/h2,4H,1H3,(H2,9,10,11,12). The van der Waals surface area contributed by atoms with Gasteiger partial charge in [-0.2, -0.15) is 0 Å². The van der Waals surface area contributed by atoms with Gasteiger partial charge in [0.25, 0.3) is 5.91 Å². The maximum Gasteiger partial charge on any atom is 0.255 e. The summed E-state index contributed by atoms with van der Waals surface area (Å²) in [6.07, 6.45) is 0. The minimum Gasteiger partial charge on any atom is -0.345 e. The van der Waals surface area contributed by atoms with Crippen molar-refractivity contribution in [3.63, 3.8) is 0 Å². The summed E-state index contributed by atoms with van der Waals surface area (Å²) in [5.41, 5.74) is 0.924. The number of rotatable bonds is 1. The van der Waals surface area contributed by atoms with Crippen molar-refractivity contribution < 1.29 is 4.79 Å². The zero-order valence-electron chi connectivity index (χ0n) is 6.83. The van der Waals surface area contributed by atoms with Crippen molar-refractivity contribution in [2.75, 3.05) is 0 Å². The molecule has 1 aromatic heterocycles. The van der Waals surface area contributed by atoms with Gasteiger partial charge >= 0.3 is 0 Å². The van der Waals surface area contributed by atoms with E-state index in [4.69, 9.17) is 12.2 Å². The zero-order chi connectivity index (χ0) is 9.42. The lowest BCUT2D eigenvalue weighted by molar-refractivity contribution is -0.120. The Morgan fingerprint density at radius 3 is 2.92 bits per heavy atom. The van der Waals surface area contributed by atoms with Gasteiger partial charge in [-0.25, -0.2) is 4.98 Å². The first-order valence-corrected chi connectivity index (χ1v) is 4.99. The van der Waals surface area contributed by atoms with Gasteiger partial charge in [0.05, 0.1) is 0 Å². The molecule has 0 radical (unpaired) electrons. The molecule has 1 saturated heterocycles. The van der Waals surface area contributed by atoms with Gasteiger partial charge in [0.1, 0.15) is 5.01 Å². The molecule has 1 atom stereocenters. The zero-order valence-corrected chi connectivity index (χ0v) is 8.46. The fraction of sp³-hybridized carbons (Fsp3) is 0.286. The van der Waals surface area contributed by atoms with Crippen molar-refractivity contribution in [1.82, 2.24) is 15.6 Å². The van der Waals surface area contributed by atoms with Crippen molar-refractivity contribution in [2.45, 2.75) is 13.0 Å². The van der Waals surface area contributed by atoms with E-state index in [0.29, 0.717) is 5.11 Å². The van der Waals surface area contributed by atoms with Gasteiger partial charge in [-0.05, 0) is 19.1 Å². The quantitative estimate of drug-likeness (QED) is 0.667. The molecule has 1 aliphatic heterocycles. The molecular formula is C7H7N3OS2. The van der Waals surface area contributed by atoms with Crippen molar-refractivity contribution >= 4 is 34.6 Å². The average molecular weight is 213 g/mol. The van der Waals surface area contributed by atoms with Crippen LogP contribution in [0.3, 0.4) is 0 Å². The fourth-order valence-electron chi connectivity index (χ4n) is 1.10. The molecule has 1 aromatic rings. The van der Waals surface area contributed by atoms with E-state index in [1.807, 2.05) is 12.3 Å². The number of carbonyl (C=O) groups excluding carboxylic acids is 1. The number of aryl methyl sites for hydroxylation is 1. The van der Waals surface area contributed by atoms with Crippen LogP contribution in [0.25, 0.3) is 0 Å². The second kappa shape index (κ2) is 3.04. The van der Waals surface area contributed by atoms with Crippen molar-refractivity contribution in [2.24, 2.45) is 0 Å². The third kappa shape index (κ3) is 1.54. The first kappa shape index (κ1) is 8.58. The van der Waals surface area contributed by atoms with E-state index >= 15 is 0 Å². The summed E-state index contributed by atoms with van der Waals surface area (Å²) in [5.74, 6) is -0.126. The third-order valence-electron chi connectivity index (χ3n) is 1.66. The highest BCUT2D eigenvalue weighted by molar-refractivity contribution is 7.80. The number of carbonyl (C=O) groups is 1. The lowest BCUT2D eigenvalue weighted by Gasteiger charge is -2.01. The minimum atomic E-state index is -0.397. The Kier molecular flexibility index (Phi) is 2.01. The normalized spacial score (nSPS) is 21.5. The number of thiazole rings is 1. The molecule has 0 aromatic carbocycles. The summed E-state index contributed by atoms with van der Waals surface area (Å²) in [7, 11) is 0. The van der Waals surface area contributed by atoms with Gasteiger partial charge in [0, 0.05) is 11.1 Å². The molecule has 2 rings (SSSR count). The first-order valence-electron chi connectivity index (χ1n) is 3.70. The Labute approximate surface area is 84.4 Å². The minimum absolute atomic E-state index is 0.126. The molecule has 68 valence electrons. The number of thiocarbonyl (C=S) groups is 1. The molecule has 1 aliphatic rings. The van der Waals surface area contributed by atoms with Crippen LogP contribution in [0, 0.1) is 6.92 Å². The number of nitrogens with one attached hydrogen (secondary N) is 2. The summed E-state index contributed by atoms with van der Waals surface area (Å²) in [6, 6.07) is -0.397. The lowest BCUT2D eigenvalue weighted by atomic mass is 10.3. The van der Waals surface area contributed by atoms with Crippen LogP contribution in [-0.4, -0.2) is 16.0 Å². The van der Waals surface area contributed by atoms with Gasteiger partial charge in [0.15, 0.2) is 11.2 Å². The molecule has 4 nitrogen and oxygen atoms in total. The van der Waals surface area contributed by atoms with E-state index in [1.54, 1.807) is 0 Å². The van der Waals surface area contributed by atoms with Crippen molar-refractivity contribution in [1.29, 1.82) is 0 Å². The predicted octanol–water partition coefficient (Wildman–Crippen LogP) is 0.497. The van der Waals surface area contributed by atoms with Crippen LogP contribution in [0.15, 0.2) is 5.38 Å². The largest absolute Gasteiger partial charge is 0.345 e. The third-order valence-corrected chi connectivity index (χ3v) is 2.91. The number of aromatic nitrogens is 1. The molecular weight excluding hydrogens is 206 g/mol. The maximum atomic E-state index is 11.3. The first-order chi connectivity index (χ1) is 6.16. The Morgan fingerprint density at radius 2 is 2.46 bits per heavy atom. The molecule has 2 N–H and O–H groups in total. The smallest absolute Gasteiger partial charge is 0.255 e. The van der Waals surface area contributed by atoms with Crippen LogP contribution in [0.5, 0.6) is 0 Å². The summed E-state index contributed by atoms with van der Waals surface area (Å²) in [6.45, 7) is 1.89. The number of nitrogens with zero attached hydrogens (tertiary/aromatic N) is 1. The van der Waals surface area contributed by atoms with Crippen molar-refractivity contribution in [3.05, 3.63) is 16.1 Å². The summed E-state index contributed by atoms with van der Waals surface area (Å²) < 4.78 is 0. The summed E-state index contributed by atoms with van der Waals surface area (Å²) >= 11 is 6.27. The molecule has 1 fully saturated rings. The van der Waals surface area contributed by atoms with Crippen molar-refractivity contribution in [3.8, 4) is 0 Å². The van der Waals surface area contributed by atoms with E-state index in [0.717, 1.165) is 10.7 Å². The summed E-state index contributed by atoms with van der Waals surface area (Å²) in [4.78, 5) is 15.5. The lowest BCUT2D eigenvalue weighted by Crippen LogP contribution is -2.21. The van der Waals surface area contributed by atoms with Gasteiger partial charge in [-0.15, -0.1) is 11.3 Å². The van der Waals surface area contributed by atoms with E-state index in [-0.39, 0.29) is 5.91 Å². The Hall–Kier alpha value is -1.01. The maximum absolute atomic E-state index is 11.3. The molecule has 2 heterocycles. The van der Waals surface area contributed by atoms with E-state index < -0.39 is 6.04 Å². The van der Waals surface area contributed by atoms with Gasteiger partial charge in [-0.3, -0.25) is 4.79 Å². The van der Waals surface area contributed by atoms with E-state index in [2.05, 4.69) is 15.6 Å². The van der Waals surface area contributed by atoms with Gasteiger partial charge in [0.2, 0.25) is 0 Å². The highest BCUT2D eigenvalue weighted by atomic mass is 32.1. The molecule has 1 amide bonds. The van der Waals surface area contributed by atoms with Crippen LogP contribution in [0.4, 0.5) is 0 Å². The summed E-state index contributed by atoms with van der Waals surface area (Å²) in [5, 5.41) is 8.42. The van der Waals surface area contributed by atoms with Crippen LogP contribution in [0.1, 0.15) is 16.7 Å². The molecule has 0 saturated carbocycles. The Morgan fingerprint density at radius 1 is 1.69 bits per heavy atom. The van der Waals surface area contributed by atoms with Crippen LogP contribution in [-0.2, 0) is 4.79 Å². The second-order valence-corrected chi connectivity index (χ2v) is 4.02. The predicted molar refractivity (Wildman–Crippen MR) is 53.5 cm³/mol. The Balaban J connectivity index is 2.27. The highest BCUT2D eigenvalue weighted by Gasteiger charge is 2.30. The van der Waals surface area contributed by atoms with Crippen LogP contribution in [0.2, 0.25) is 0 Å². The second-order valence-electron chi connectivity index (χ2n) is 2.72. The fourth-order valence-corrected chi connectivity index (χ4v) is 2.16. The molecule has 1 unspecified atom stereocenters. The highest BCUT2D eigenvalue weighted by Crippen LogP contribution is 2.20. The molecule has 6 heteroatoms. The molecule has 0 aliphatic carbocycles. The SMILES string of the molecule is Cc1csc(C2NC(=S)NC2=O)n1. The van der Waals surface area contributed by atoms with Gasteiger partial charge < -0.3 is 10.6 Å². The number of hydrogen-bond donors (Lipinski definition) is 2. The van der Waals surface area contributed by atoms with E-state index in [1.165, 1.54) is 11.3 Å². The molecule has 13 heavy (non-hydrogen) atoms. The van der Waals surface area contributed by atoms with Crippen LogP contribution >= 0.6 is 23.6 Å². The van der Waals surface area contributed by atoms with E-state index in [9.17, 15) is 4.79 Å². The van der Waals surface area contributed by atoms with Gasteiger partial charge in [-0.1, -0.05) is 0 Å². The average Bonchev–Trinajstić information content (AvgIpc) is 2.58. The number of hydrogen-bond acceptors (Lipinski definition) is 4. The molecule has 0 spiro atoms. The monoisotopic (exact) mass is 213 g/mol. The number of amides is 1.